The maximum Gasteiger partial charge on any atom is 0.373 e. The van der Waals surface area contributed by atoms with Crippen LogP contribution >= 0.6 is 23.5 Å². The first-order chi connectivity index (χ1) is 68.2. The summed E-state index contributed by atoms with van der Waals surface area (Å²) in [7, 11) is -6.70. The summed E-state index contributed by atoms with van der Waals surface area (Å²) in [5.74, 6) is 0.871. The van der Waals surface area contributed by atoms with Crippen molar-refractivity contribution in [3.05, 3.63) is 280 Å². The van der Waals surface area contributed by atoms with Crippen molar-refractivity contribution >= 4 is 114 Å². The van der Waals surface area contributed by atoms with Gasteiger partial charge in [-0.15, -0.1) is 23.5 Å². The number of sulfonamides is 5. The molecule has 5 aliphatic rings. The smallest absolute Gasteiger partial charge is 0.373 e. The second-order valence-corrected chi connectivity index (χ2v) is 47.4. The molecular weight excluding hydrogens is 1940 g/mol. The Morgan fingerprint density at radius 1 is 0.338 bits per heavy atom. The fourth-order valence-corrected chi connectivity index (χ4v) is 27.5. The van der Waals surface area contributed by atoms with Crippen LogP contribution in [0.25, 0.3) is 0 Å². The number of nitrogens with zero attached hydrogens (tertiary/aromatic N) is 5. The molecule has 10 aromatic rings. The molecule has 0 amide bonds. The van der Waals surface area contributed by atoms with Crippen molar-refractivity contribution in [2.45, 2.75) is 215 Å². The molecule has 0 fully saturated rings. The number of fused-ring (bicyclic) bond motifs is 10. The molecule has 0 saturated carbocycles. The Morgan fingerprint density at radius 2 is 0.641 bits per heavy atom. The van der Waals surface area contributed by atoms with Gasteiger partial charge in [0.05, 0.1) is 83.1 Å². The van der Waals surface area contributed by atoms with Crippen LogP contribution in [0, 0.1) is 6.92 Å². The van der Waals surface area contributed by atoms with Gasteiger partial charge in [0, 0.05) is 96.5 Å². The molecule has 0 aromatic heterocycles. The Balaban J connectivity index is 0.000000195. The van der Waals surface area contributed by atoms with Crippen LogP contribution < -0.4 is 48.1 Å². The highest BCUT2D eigenvalue weighted by Gasteiger charge is 2.42. The molecular formula is C107H140N10O18S7. The minimum absolute atomic E-state index is 0.0252. The van der Waals surface area contributed by atoms with Gasteiger partial charge in [-0.05, 0) is 213 Å². The van der Waals surface area contributed by atoms with Gasteiger partial charge in [-0.25, -0.2) is 42.1 Å². The fourth-order valence-electron chi connectivity index (χ4n) is 18.0. The van der Waals surface area contributed by atoms with Crippen molar-refractivity contribution in [3.63, 3.8) is 0 Å². The number of thioether (sulfide) groups is 2. The van der Waals surface area contributed by atoms with Crippen LogP contribution in [-0.4, -0.2) is 179 Å². The number of methoxy groups -OCH3 is 3. The summed E-state index contributed by atoms with van der Waals surface area (Å²) >= 11 is 3.32. The summed E-state index contributed by atoms with van der Waals surface area (Å²) in [5.41, 5.74) is 12.9. The summed E-state index contributed by atoms with van der Waals surface area (Å²) in [6, 6.07) is 66.9. The Kier molecular flexibility index (Phi) is 45.9. The van der Waals surface area contributed by atoms with E-state index in [1.807, 2.05) is 190 Å². The number of aryl methyl sites for hydroxylation is 1. The van der Waals surface area contributed by atoms with Crippen LogP contribution in [0.3, 0.4) is 0 Å². The summed E-state index contributed by atoms with van der Waals surface area (Å²) in [6.07, 6.45) is 17.7. The molecule has 5 aliphatic heterocycles. The molecule has 5 atom stereocenters. The average Bonchev–Trinajstić information content (AvgIpc) is 1.61. The van der Waals surface area contributed by atoms with E-state index in [2.05, 4.69) is 61.2 Å². The minimum atomic E-state index is -3.74. The molecule has 0 aliphatic carbocycles. The molecule has 10 aromatic carbocycles. The average molecular weight is 2080 g/mol. The number of hydrogen-bond donors (Lipinski definition) is 6. The maximum absolute atomic E-state index is 13.4. The first-order valence-electron chi connectivity index (χ1n) is 48.4. The number of anilines is 5. The monoisotopic (exact) mass is 2080 g/mol. The van der Waals surface area contributed by atoms with E-state index in [1.165, 1.54) is 92.4 Å². The number of rotatable bonds is 36. The first-order valence-corrected chi connectivity index (χ1v) is 57.5. The van der Waals surface area contributed by atoms with Gasteiger partial charge in [-0.2, -0.15) is 19.2 Å². The summed E-state index contributed by atoms with van der Waals surface area (Å²) < 4.78 is 155. The number of ether oxygens (including phenoxy) is 3. The SMILES string of the molecule is CCCCCCCCNC1c2ccccc2N(C)S(=O)(=O)c2cc(C)ccc21.CCCCCCCCNC1c2ccccc2S(=O)(=O)N(C)c2c(O)cccc21.CCN1c2ccccc2C(NCCCOC)c2ccccc2S1(=O)=O.CCSc1ccc2c(c1)S(=O)(=O)N(C)c1ccccc1C2NCCCOC.COCCCNC1c2ccccc2N(C)S(=O)(=O)c2cc(SC(C)C)ccc21.O=C=O.O=C=O. The third-order valence-corrected chi connectivity index (χ3v) is 36.1. The number of benzene rings is 10. The zero-order valence-corrected chi connectivity index (χ0v) is 89.6. The van der Waals surface area contributed by atoms with Gasteiger partial charge in [-0.1, -0.05) is 244 Å². The normalized spacial score (nSPS) is 17.2. The standard InChI is InChI=1S/C23H32N2O2S.C22H30N2O3S.C21H28N2O3S2.C20H26N2O3S2.C19H24N2O3S.2CO2/c1-4-5-6-7-8-11-16-24-23-19-12-9-10-13-21(19)25(3)28(26,27)22-17-18(2)14-15-20(22)23;1-3-4-5-6-7-10-16-23-21-17-12-8-9-15-20(17)28(26,27)24(2)22-18(21)13-11-14-19(22)25;1-15(2)27-16-10-11-18-20(14-16)28(24,25)23(3)19-9-6-5-8-17(19)21(18)22-12-7-13-26-4;1-4-26-15-10-11-17-19(14-15)27(23,24)22(2)18-9-6-5-8-16(18)20(17)21-12-7-13-25-3;1-3-21-17-11-6-4-9-15(17)19(20-13-8-14-24-2)16-10-5-7-12-18(16)25(21,22)23;2*2-1-3/h9-10,12-15,17,23-24H,4-8,11,16H2,1-3H3;8-9,11-15,21,23,25H,3-7,10,16H2,1-2H3;5-6,8-11,14-15,21-22H,7,12-13H2,1-4H3;5-6,8-11,14,20-21H,4,7,12-13H2,1-3H3;4-7,9-12,19-20H,3,8,13-14H2,1-2H3;;. The number of unbranched alkanes of at least 4 members (excludes halogenated alkanes) is 10. The zero-order chi connectivity index (χ0) is 103. The molecule has 5 heterocycles. The summed E-state index contributed by atoms with van der Waals surface area (Å²) in [5, 5.41) is 28.6. The van der Waals surface area contributed by atoms with E-state index in [1.54, 1.807) is 102 Å². The number of nitrogens with one attached hydrogen (secondary N) is 5. The van der Waals surface area contributed by atoms with E-state index in [9.17, 15) is 47.2 Å². The number of para-hydroxylation sites is 5. The fraction of sp³-hybridized carbons (Fsp3) is 0.421. The van der Waals surface area contributed by atoms with Crippen molar-refractivity contribution < 1.29 is 80.6 Å². The second-order valence-electron chi connectivity index (χ2n) is 34.8. The number of phenols is 1. The lowest BCUT2D eigenvalue weighted by Crippen LogP contribution is -2.30. The third kappa shape index (κ3) is 28.8. The Hall–Kier alpha value is -10.1. The molecule has 5 unspecified atom stereocenters. The number of phenolic OH excluding ortho intramolecular Hbond substituents is 1. The van der Waals surface area contributed by atoms with Crippen LogP contribution in [0.5, 0.6) is 5.75 Å². The van der Waals surface area contributed by atoms with E-state index in [-0.39, 0.29) is 53.2 Å². The van der Waals surface area contributed by atoms with Crippen molar-refractivity contribution in [1.29, 1.82) is 0 Å². The number of hydrogen-bond acceptors (Lipinski definition) is 25. The van der Waals surface area contributed by atoms with E-state index in [0.717, 1.165) is 159 Å². The lowest BCUT2D eigenvalue weighted by molar-refractivity contribution is -0.193. The highest BCUT2D eigenvalue weighted by Crippen LogP contribution is 2.49. The van der Waals surface area contributed by atoms with E-state index >= 15 is 0 Å². The molecule has 142 heavy (non-hydrogen) atoms. The Bertz CT molecular complexity index is 6440. The predicted octanol–water partition coefficient (Wildman–Crippen LogP) is 19.2. The van der Waals surface area contributed by atoms with Gasteiger partial charge in [0.15, 0.2) is 0 Å². The van der Waals surface area contributed by atoms with E-state index in [0.29, 0.717) is 68.3 Å². The number of carbonyl (C=O) groups excluding carboxylic acids is 4. The first kappa shape index (κ1) is 115. The topological polar surface area (TPSA) is 363 Å². The number of aromatic hydroxyl groups is 1. The largest absolute Gasteiger partial charge is 0.506 e. The molecule has 6 N–H and O–H groups in total. The van der Waals surface area contributed by atoms with Crippen LogP contribution in [0.1, 0.15) is 229 Å². The minimum Gasteiger partial charge on any atom is -0.506 e. The molecule has 0 radical (unpaired) electrons. The van der Waals surface area contributed by atoms with Crippen molar-refractivity contribution in [2.24, 2.45) is 0 Å². The molecule has 28 nitrogen and oxygen atoms in total. The lowest BCUT2D eigenvalue weighted by atomic mass is 9.96. The predicted molar refractivity (Wildman–Crippen MR) is 566 cm³/mol. The second kappa shape index (κ2) is 56.4. The molecule has 35 heteroatoms. The lowest BCUT2D eigenvalue weighted by Gasteiger charge is -2.24. The Labute approximate surface area is 850 Å². The van der Waals surface area contributed by atoms with Crippen molar-refractivity contribution in [2.75, 3.05) is 136 Å². The van der Waals surface area contributed by atoms with Gasteiger partial charge in [0.25, 0.3) is 50.1 Å². The van der Waals surface area contributed by atoms with Crippen molar-refractivity contribution in [3.8, 4) is 5.75 Å². The molecule has 0 saturated heterocycles. The van der Waals surface area contributed by atoms with Gasteiger partial charge in [-0.3, -0.25) is 21.5 Å². The van der Waals surface area contributed by atoms with Gasteiger partial charge in [0.1, 0.15) is 5.75 Å². The quantitative estimate of drug-likeness (QED) is 0.0157. The van der Waals surface area contributed by atoms with E-state index in [4.69, 9.17) is 33.4 Å². The molecule has 768 valence electrons. The van der Waals surface area contributed by atoms with Crippen LogP contribution in [0.2, 0.25) is 0 Å². The van der Waals surface area contributed by atoms with Crippen molar-refractivity contribution in [1.82, 2.24) is 26.6 Å². The van der Waals surface area contributed by atoms with Gasteiger partial charge in [0.2, 0.25) is 0 Å². The van der Waals surface area contributed by atoms with Crippen LogP contribution in [-0.2, 0) is 83.5 Å². The summed E-state index contributed by atoms with van der Waals surface area (Å²) in [6.45, 7) is 20.8. The Morgan fingerprint density at radius 3 is 1.03 bits per heavy atom. The molecule has 0 spiro atoms. The maximum atomic E-state index is 13.4. The van der Waals surface area contributed by atoms with E-state index < -0.39 is 50.1 Å². The van der Waals surface area contributed by atoms with Crippen LogP contribution in [0.4, 0.5) is 28.4 Å². The highest BCUT2D eigenvalue weighted by molar-refractivity contribution is 8.00. The summed E-state index contributed by atoms with van der Waals surface area (Å²) in [4.78, 5) is 36.3. The van der Waals surface area contributed by atoms with Gasteiger partial charge >= 0.3 is 12.3 Å². The molecule has 15 rings (SSSR count). The highest BCUT2D eigenvalue weighted by atomic mass is 32.2. The molecule has 0 bridgehead atoms. The third-order valence-electron chi connectivity index (χ3n) is 25.0. The zero-order valence-electron chi connectivity index (χ0n) is 83.9. The van der Waals surface area contributed by atoms with Gasteiger partial charge < -0.3 is 45.9 Å². The van der Waals surface area contributed by atoms with Crippen LogP contribution in [0.15, 0.2) is 253 Å².